The quantitative estimate of drug-likeness (QED) is 0.752. The maximum Gasteiger partial charge on any atom is 0.134 e. The third-order valence-corrected chi connectivity index (χ3v) is 6.61. The molecular weight excluding hydrogens is 330 g/mol. The summed E-state index contributed by atoms with van der Waals surface area (Å²) in [5.74, 6) is 1.06. The molecule has 1 aliphatic carbocycles. The summed E-state index contributed by atoms with van der Waals surface area (Å²) in [6.45, 7) is 4.11. The molecule has 1 N–H and O–H groups in total. The Bertz CT molecular complexity index is 818. The topological polar surface area (TPSA) is 41.3 Å². The smallest absolute Gasteiger partial charge is 0.134 e. The van der Waals surface area contributed by atoms with Crippen LogP contribution in [0.2, 0.25) is 0 Å². The molecule has 0 bridgehead atoms. The highest BCUT2D eigenvalue weighted by molar-refractivity contribution is 7.09. The molecule has 130 valence electrons. The van der Waals surface area contributed by atoms with E-state index in [1.54, 1.807) is 11.3 Å². The van der Waals surface area contributed by atoms with Gasteiger partial charge in [-0.05, 0) is 49.9 Å². The lowest BCUT2D eigenvalue weighted by atomic mass is 9.93. The number of para-hydroxylation sites is 1. The van der Waals surface area contributed by atoms with Crippen LogP contribution in [-0.4, -0.2) is 29.0 Å². The molecule has 4 nitrogen and oxygen atoms in total. The van der Waals surface area contributed by atoms with Gasteiger partial charge in [0.25, 0.3) is 0 Å². The molecule has 25 heavy (non-hydrogen) atoms. The van der Waals surface area contributed by atoms with Gasteiger partial charge in [-0.15, -0.1) is 11.3 Å². The van der Waals surface area contributed by atoms with Gasteiger partial charge in [0.05, 0.1) is 13.1 Å². The minimum Gasteiger partial charge on any atom is -0.460 e. The minimum atomic E-state index is 0.522. The number of fused-ring (bicyclic) bond motifs is 1. The summed E-state index contributed by atoms with van der Waals surface area (Å²) in [5, 5.41) is 7.97. The van der Waals surface area contributed by atoms with Crippen molar-refractivity contribution in [1.82, 2.24) is 15.2 Å². The van der Waals surface area contributed by atoms with Crippen molar-refractivity contribution in [2.45, 2.75) is 38.4 Å². The van der Waals surface area contributed by atoms with Gasteiger partial charge in [0.2, 0.25) is 0 Å². The average Bonchev–Trinajstić information content (AvgIpc) is 3.02. The molecule has 2 aromatic heterocycles. The van der Waals surface area contributed by atoms with E-state index in [1.165, 1.54) is 29.7 Å². The van der Waals surface area contributed by atoms with Crippen molar-refractivity contribution in [1.29, 1.82) is 0 Å². The van der Waals surface area contributed by atoms with Gasteiger partial charge in [-0.2, -0.15) is 0 Å². The van der Waals surface area contributed by atoms with Crippen LogP contribution >= 0.6 is 11.3 Å². The van der Waals surface area contributed by atoms with Crippen LogP contribution in [0.3, 0.4) is 0 Å². The molecule has 0 radical (unpaired) electrons. The summed E-state index contributed by atoms with van der Waals surface area (Å²) in [5.41, 5.74) is 1.51. The van der Waals surface area contributed by atoms with E-state index < -0.39 is 0 Å². The van der Waals surface area contributed by atoms with E-state index in [2.05, 4.69) is 44.8 Å². The highest BCUT2D eigenvalue weighted by atomic mass is 32.1. The SMILES string of the molecule is c1ccc2oc(CN(Cc3nccs3)C3CC34CCNCC4)cc2c1. The molecule has 3 aromatic rings. The predicted octanol–water partition coefficient (Wildman–Crippen LogP) is 4.03. The fourth-order valence-electron chi connectivity index (χ4n) is 4.40. The zero-order chi connectivity index (χ0) is 16.7. The number of nitrogens with one attached hydrogen (secondary N) is 1. The summed E-state index contributed by atoms with van der Waals surface area (Å²) in [6, 6.07) is 11.1. The molecule has 1 aliphatic heterocycles. The van der Waals surface area contributed by atoms with E-state index >= 15 is 0 Å². The van der Waals surface area contributed by atoms with Crippen LogP contribution < -0.4 is 5.32 Å². The normalized spacial score (nSPS) is 22.0. The van der Waals surface area contributed by atoms with Crippen LogP contribution in [0.1, 0.15) is 30.0 Å². The number of hydrogen-bond acceptors (Lipinski definition) is 5. The Morgan fingerprint density at radius 1 is 1.24 bits per heavy atom. The fraction of sp³-hybridized carbons (Fsp3) is 0.450. The Labute approximate surface area is 151 Å². The first-order valence-corrected chi connectivity index (χ1v) is 10.0. The first-order chi connectivity index (χ1) is 12.3. The molecule has 3 heterocycles. The molecule has 0 amide bonds. The number of rotatable bonds is 5. The molecule has 2 fully saturated rings. The van der Waals surface area contributed by atoms with Crippen LogP contribution in [0, 0.1) is 5.41 Å². The van der Waals surface area contributed by atoms with E-state index in [0.29, 0.717) is 11.5 Å². The second-order valence-corrected chi connectivity index (χ2v) is 8.39. The van der Waals surface area contributed by atoms with E-state index in [9.17, 15) is 0 Å². The molecule has 1 saturated heterocycles. The van der Waals surface area contributed by atoms with E-state index in [-0.39, 0.29) is 0 Å². The lowest BCUT2D eigenvalue weighted by Gasteiger charge is -2.28. The number of aromatic nitrogens is 1. The molecule has 1 saturated carbocycles. The van der Waals surface area contributed by atoms with Crippen LogP contribution in [-0.2, 0) is 13.1 Å². The van der Waals surface area contributed by atoms with Crippen molar-refractivity contribution in [3.8, 4) is 0 Å². The lowest BCUT2D eigenvalue weighted by Crippen LogP contribution is -2.35. The van der Waals surface area contributed by atoms with Crippen molar-refractivity contribution < 1.29 is 4.42 Å². The molecule has 1 spiro atoms. The Hall–Kier alpha value is -1.69. The van der Waals surface area contributed by atoms with E-state index in [0.717, 1.165) is 37.5 Å². The van der Waals surface area contributed by atoms with Crippen molar-refractivity contribution in [3.05, 3.63) is 52.7 Å². The van der Waals surface area contributed by atoms with Crippen molar-refractivity contribution in [2.24, 2.45) is 5.41 Å². The predicted molar refractivity (Wildman–Crippen MR) is 101 cm³/mol. The van der Waals surface area contributed by atoms with Gasteiger partial charge >= 0.3 is 0 Å². The number of benzene rings is 1. The number of hydrogen-bond donors (Lipinski definition) is 1. The second-order valence-electron chi connectivity index (χ2n) is 7.41. The highest BCUT2D eigenvalue weighted by Gasteiger charge is 2.56. The molecule has 5 rings (SSSR count). The van der Waals surface area contributed by atoms with Gasteiger partial charge in [0.15, 0.2) is 0 Å². The van der Waals surface area contributed by atoms with Crippen LogP contribution in [0.5, 0.6) is 0 Å². The van der Waals surface area contributed by atoms with Gasteiger partial charge in [0, 0.05) is 23.0 Å². The molecule has 2 aliphatic rings. The van der Waals surface area contributed by atoms with E-state index in [4.69, 9.17) is 4.42 Å². The number of nitrogens with zero attached hydrogens (tertiary/aromatic N) is 2. The minimum absolute atomic E-state index is 0.522. The monoisotopic (exact) mass is 353 g/mol. The first kappa shape index (κ1) is 15.6. The fourth-order valence-corrected chi connectivity index (χ4v) is 5.04. The zero-order valence-corrected chi connectivity index (χ0v) is 15.1. The Morgan fingerprint density at radius 3 is 2.92 bits per heavy atom. The summed E-state index contributed by atoms with van der Waals surface area (Å²) in [4.78, 5) is 7.12. The highest BCUT2D eigenvalue weighted by Crippen LogP contribution is 2.56. The summed E-state index contributed by atoms with van der Waals surface area (Å²) in [6.07, 6.45) is 5.82. The largest absolute Gasteiger partial charge is 0.460 e. The number of furan rings is 1. The summed E-state index contributed by atoms with van der Waals surface area (Å²) < 4.78 is 6.10. The van der Waals surface area contributed by atoms with Crippen molar-refractivity contribution >= 4 is 22.3 Å². The zero-order valence-electron chi connectivity index (χ0n) is 14.3. The molecular formula is C20H23N3OS. The Balaban J connectivity index is 1.39. The standard InChI is InChI=1S/C20H23N3OS/c1-2-4-17-15(3-1)11-16(24-17)13-23(14-19-22-9-10-25-19)18-12-20(18)5-7-21-8-6-20/h1-4,9-11,18,21H,5-8,12-14H2. The molecule has 1 atom stereocenters. The molecule has 5 heteroatoms. The van der Waals surface area contributed by atoms with Gasteiger partial charge in [0.1, 0.15) is 16.4 Å². The van der Waals surface area contributed by atoms with E-state index in [1.807, 2.05) is 12.3 Å². The maximum absolute atomic E-state index is 6.10. The van der Waals surface area contributed by atoms with Gasteiger partial charge in [-0.1, -0.05) is 18.2 Å². The maximum atomic E-state index is 6.10. The Morgan fingerprint density at radius 2 is 2.12 bits per heavy atom. The van der Waals surface area contributed by atoms with Crippen molar-refractivity contribution in [2.75, 3.05) is 13.1 Å². The summed E-state index contributed by atoms with van der Waals surface area (Å²) in [7, 11) is 0. The van der Waals surface area contributed by atoms with Gasteiger partial charge in [-0.3, -0.25) is 4.90 Å². The lowest BCUT2D eigenvalue weighted by molar-refractivity contribution is 0.177. The first-order valence-electron chi connectivity index (χ1n) is 9.13. The van der Waals surface area contributed by atoms with Gasteiger partial charge < -0.3 is 9.73 Å². The molecule has 1 aromatic carbocycles. The van der Waals surface area contributed by atoms with Crippen molar-refractivity contribution in [3.63, 3.8) is 0 Å². The Kier molecular flexibility index (Phi) is 3.88. The van der Waals surface area contributed by atoms with Crippen LogP contribution in [0.25, 0.3) is 11.0 Å². The number of thiazole rings is 1. The number of piperidine rings is 1. The third-order valence-electron chi connectivity index (χ3n) is 5.84. The second kappa shape index (κ2) is 6.24. The van der Waals surface area contributed by atoms with Crippen LogP contribution in [0.15, 0.2) is 46.3 Å². The van der Waals surface area contributed by atoms with Gasteiger partial charge in [-0.25, -0.2) is 4.98 Å². The summed E-state index contributed by atoms with van der Waals surface area (Å²) >= 11 is 1.75. The average molecular weight is 353 g/mol. The van der Waals surface area contributed by atoms with Crippen LogP contribution in [0.4, 0.5) is 0 Å². The third kappa shape index (κ3) is 3.01. The molecule has 1 unspecified atom stereocenters.